The fraction of sp³-hybridized carbons (Fsp3) is 1.00. The third-order valence-corrected chi connectivity index (χ3v) is 2.47. The summed E-state index contributed by atoms with van der Waals surface area (Å²) in [7, 11) is 0. The molecule has 0 radical (unpaired) electrons. The summed E-state index contributed by atoms with van der Waals surface area (Å²) in [4.78, 5) is 2.43. The highest BCUT2D eigenvalue weighted by Crippen LogP contribution is 2.04. The minimum absolute atomic E-state index is 0.160. The molecule has 12 heavy (non-hydrogen) atoms. The first-order valence-corrected chi connectivity index (χ1v) is 4.83. The summed E-state index contributed by atoms with van der Waals surface area (Å²) >= 11 is 0. The van der Waals surface area contributed by atoms with Crippen molar-refractivity contribution in [2.24, 2.45) is 0 Å². The lowest BCUT2D eigenvalue weighted by molar-refractivity contribution is 0.125. The van der Waals surface area contributed by atoms with Gasteiger partial charge in [0.25, 0.3) is 0 Å². The molecule has 72 valence electrons. The van der Waals surface area contributed by atoms with Gasteiger partial charge >= 0.3 is 0 Å². The molecule has 0 spiro atoms. The van der Waals surface area contributed by atoms with Crippen LogP contribution in [0.25, 0.3) is 0 Å². The number of nitrogens with one attached hydrogen (secondary N) is 1. The molecule has 2 atom stereocenters. The Labute approximate surface area is 74.8 Å². The Morgan fingerprint density at radius 2 is 2.42 bits per heavy atom. The highest BCUT2D eigenvalue weighted by molar-refractivity contribution is 4.76. The van der Waals surface area contributed by atoms with Crippen molar-refractivity contribution in [1.29, 1.82) is 0 Å². The van der Waals surface area contributed by atoms with Gasteiger partial charge < -0.3 is 10.4 Å². The van der Waals surface area contributed by atoms with Gasteiger partial charge in [0.05, 0.1) is 6.10 Å². The molecule has 3 heteroatoms. The number of hydrogen-bond acceptors (Lipinski definition) is 3. The standard InChI is InChI=1S/C9H20N2O/c1-8-7-10-4-6-11(8)5-3-9(2)12/h8-10,12H,3-7H2,1-2H3/t8-,9?/m1/s1. The molecule has 0 amide bonds. The maximum Gasteiger partial charge on any atom is 0.0524 e. The van der Waals surface area contributed by atoms with Crippen LogP contribution in [0.15, 0.2) is 0 Å². The molecule has 3 nitrogen and oxygen atoms in total. The van der Waals surface area contributed by atoms with Crippen LogP contribution in [0.1, 0.15) is 20.3 Å². The van der Waals surface area contributed by atoms with Crippen LogP contribution in [0.4, 0.5) is 0 Å². The average Bonchev–Trinajstić information content (AvgIpc) is 2.03. The van der Waals surface area contributed by atoms with Crippen molar-refractivity contribution < 1.29 is 5.11 Å². The van der Waals surface area contributed by atoms with Crippen molar-refractivity contribution in [1.82, 2.24) is 10.2 Å². The Balaban J connectivity index is 2.20. The molecule has 1 aliphatic rings. The normalized spacial score (nSPS) is 28.8. The smallest absolute Gasteiger partial charge is 0.0524 e. The summed E-state index contributed by atoms with van der Waals surface area (Å²) in [5.41, 5.74) is 0. The number of aliphatic hydroxyl groups excluding tert-OH is 1. The zero-order chi connectivity index (χ0) is 8.97. The average molecular weight is 172 g/mol. The first kappa shape index (κ1) is 9.96. The third-order valence-electron chi connectivity index (χ3n) is 2.47. The second-order valence-electron chi connectivity index (χ2n) is 3.73. The van der Waals surface area contributed by atoms with Gasteiger partial charge in [0.15, 0.2) is 0 Å². The first-order chi connectivity index (χ1) is 5.70. The van der Waals surface area contributed by atoms with E-state index in [2.05, 4.69) is 17.1 Å². The van der Waals surface area contributed by atoms with Gasteiger partial charge in [-0.1, -0.05) is 0 Å². The van der Waals surface area contributed by atoms with Gasteiger partial charge in [-0.2, -0.15) is 0 Å². The second-order valence-corrected chi connectivity index (χ2v) is 3.73. The van der Waals surface area contributed by atoms with E-state index in [0.717, 1.165) is 32.6 Å². The van der Waals surface area contributed by atoms with Gasteiger partial charge in [-0.3, -0.25) is 4.90 Å². The van der Waals surface area contributed by atoms with E-state index in [1.807, 2.05) is 6.92 Å². The maximum atomic E-state index is 9.13. The third kappa shape index (κ3) is 3.09. The Bertz CT molecular complexity index is 128. The fourth-order valence-electron chi connectivity index (χ4n) is 1.57. The molecular weight excluding hydrogens is 152 g/mol. The predicted octanol–water partition coefficient (Wildman–Crippen LogP) is 0.0510. The summed E-state index contributed by atoms with van der Waals surface area (Å²) in [5, 5.41) is 12.5. The Hall–Kier alpha value is -0.120. The highest BCUT2D eigenvalue weighted by Gasteiger charge is 2.17. The lowest BCUT2D eigenvalue weighted by Gasteiger charge is -2.34. The Kier molecular flexibility index (Phi) is 3.98. The molecule has 1 saturated heterocycles. The van der Waals surface area contributed by atoms with Crippen LogP contribution in [-0.4, -0.2) is 48.3 Å². The molecule has 2 N–H and O–H groups in total. The van der Waals surface area contributed by atoms with Crippen LogP contribution in [0, 0.1) is 0 Å². The van der Waals surface area contributed by atoms with Gasteiger partial charge in [-0.05, 0) is 20.3 Å². The zero-order valence-corrected chi connectivity index (χ0v) is 8.08. The van der Waals surface area contributed by atoms with Crippen LogP contribution >= 0.6 is 0 Å². The predicted molar refractivity (Wildman–Crippen MR) is 50.2 cm³/mol. The monoisotopic (exact) mass is 172 g/mol. The van der Waals surface area contributed by atoms with Crippen LogP contribution < -0.4 is 5.32 Å². The summed E-state index contributed by atoms with van der Waals surface area (Å²) in [6.07, 6.45) is 0.733. The zero-order valence-electron chi connectivity index (χ0n) is 8.08. The number of rotatable bonds is 3. The lowest BCUT2D eigenvalue weighted by Crippen LogP contribution is -2.50. The SMILES string of the molecule is CC(O)CCN1CCNC[C@H]1C. The van der Waals surface area contributed by atoms with E-state index in [0.29, 0.717) is 6.04 Å². The number of nitrogens with zero attached hydrogens (tertiary/aromatic N) is 1. The highest BCUT2D eigenvalue weighted by atomic mass is 16.3. The van der Waals surface area contributed by atoms with E-state index >= 15 is 0 Å². The number of piperazine rings is 1. The molecule has 1 fully saturated rings. The van der Waals surface area contributed by atoms with E-state index in [4.69, 9.17) is 5.11 Å². The molecule has 1 heterocycles. The van der Waals surface area contributed by atoms with Crippen molar-refractivity contribution in [3.8, 4) is 0 Å². The molecule has 0 aromatic heterocycles. The molecule has 0 saturated carbocycles. The van der Waals surface area contributed by atoms with Crippen LogP contribution in [0.2, 0.25) is 0 Å². The summed E-state index contributed by atoms with van der Waals surface area (Å²) in [6, 6.07) is 0.623. The van der Waals surface area contributed by atoms with E-state index in [9.17, 15) is 0 Å². The van der Waals surface area contributed by atoms with Crippen LogP contribution in [0.5, 0.6) is 0 Å². The van der Waals surface area contributed by atoms with Gasteiger partial charge in [-0.25, -0.2) is 0 Å². The largest absolute Gasteiger partial charge is 0.393 e. The number of aliphatic hydroxyl groups is 1. The molecule has 0 aromatic rings. The fourth-order valence-corrected chi connectivity index (χ4v) is 1.57. The minimum atomic E-state index is -0.160. The van der Waals surface area contributed by atoms with E-state index < -0.39 is 0 Å². The summed E-state index contributed by atoms with van der Waals surface area (Å²) in [5.74, 6) is 0. The van der Waals surface area contributed by atoms with Crippen molar-refractivity contribution in [3.05, 3.63) is 0 Å². The van der Waals surface area contributed by atoms with Gasteiger partial charge in [0, 0.05) is 32.2 Å². The van der Waals surface area contributed by atoms with Crippen LogP contribution in [0.3, 0.4) is 0 Å². The maximum absolute atomic E-state index is 9.13. The Morgan fingerprint density at radius 1 is 1.67 bits per heavy atom. The van der Waals surface area contributed by atoms with Gasteiger partial charge in [0.1, 0.15) is 0 Å². The topological polar surface area (TPSA) is 35.5 Å². The quantitative estimate of drug-likeness (QED) is 0.631. The molecule has 0 bridgehead atoms. The molecule has 1 unspecified atom stereocenters. The van der Waals surface area contributed by atoms with Gasteiger partial charge in [0.2, 0.25) is 0 Å². The second kappa shape index (κ2) is 4.80. The van der Waals surface area contributed by atoms with E-state index in [1.165, 1.54) is 0 Å². The van der Waals surface area contributed by atoms with Crippen molar-refractivity contribution >= 4 is 0 Å². The van der Waals surface area contributed by atoms with E-state index in [1.54, 1.807) is 0 Å². The molecule has 1 rings (SSSR count). The molecule has 0 aromatic carbocycles. The number of hydrogen-bond donors (Lipinski definition) is 2. The first-order valence-electron chi connectivity index (χ1n) is 4.83. The van der Waals surface area contributed by atoms with E-state index in [-0.39, 0.29) is 6.10 Å². The minimum Gasteiger partial charge on any atom is -0.393 e. The molecule has 1 aliphatic heterocycles. The van der Waals surface area contributed by atoms with Gasteiger partial charge in [-0.15, -0.1) is 0 Å². The lowest BCUT2D eigenvalue weighted by atomic mass is 10.2. The van der Waals surface area contributed by atoms with Crippen molar-refractivity contribution in [2.75, 3.05) is 26.2 Å². The molecular formula is C9H20N2O. The Morgan fingerprint density at radius 3 is 3.00 bits per heavy atom. The van der Waals surface area contributed by atoms with Crippen molar-refractivity contribution in [3.63, 3.8) is 0 Å². The summed E-state index contributed by atoms with van der Waals surface area (Å²) < 4.78 is 0. The summed E-state index contributed by atoms with van der Waals surface area (Å²) in [6.45, 7) is 8.40. The van der Waals surface area contributed by atoms with Crippen molar-refractivity contribution in [2.45, 2.75) is 32.4 Å². The molecule has 0 aliphatic carbocycles. The van der Waals surface area contributed by atoms with Crippen LogP contribution in [-0.2, 0) is 0 Å².